The van der Waals surface area contributed by atoms with E-state index in [0.29, 0.717) is 24.3 Å². The van der Waals surface area contributed by atoms with E-state index in [1.165, 1.54) is 0 Å². The van der Waals surface area contributed by atoms with Gasteiger partial charge in [-0.2, -0.15) is 0 Å². The molecule has 0 heterocycles. The lowest BCUT2D eigenvalue weighted by molar-refractivity contribution is -0.116. The largest absolute Gasteiger partial charge is 0.399 e. The molecule has 0 aliphatic carbocycles. The number of hydrogen-bond acceptors (Lipinski definition) is 4. The first kappa shape index (κ1) is 15.5. The van der Waals surface area contributed by atoms with Crippen molar-refractivity contribution in [3.05, 3.63) is 24.3 Å². The number of carbonyl (C=O) groups is 1. The molecule has 1 rings (SSSR count). The molecule has 0 atom stereocenters. The summed E-state index contributed by atoms with van der Waals surface area (Å²) in [6, 6.07) is 7.09. The van der Waals surface area contributed by atoms with Crippen LogP contribution in [0.2, 0.25) is 0 Å². The summed E-state index contributed by atoms with van der Waals surface area (Å²) in [4.78, 5) is 13.8. The molecular formula is C14H23N3O2. The molecule has 19 heavy (non-hydrogen) atoms. The SMILES string of the molecule is CN(CCC(=O)Nc1cccc(N)c1)C(C)(C)CO. The van der Waals surface area contributed by atoms with Gasteiger partial charge in [-0.25, -0.2) is 0 Å². The van der Waals surface area contributed by atoms with Gasteiger partial charge in [0.2, 0.25) is 5.91 Å². The van der Waals surface area contributed by atoms with Gasteiger partial charge in [0, 0.05) is 29.9 Å². The molecule has 106 valence electrons. The van der Waals surface area contributed by atoms with E-state index in [0.717, 1.165) is 0 Å². The quantitative estimate of drug-likeness (QED) is 0.677. The van der Waals surface area contributed by atoms with Crippen molar-refractivity contribution in [2.24, 2.45) is 0 Å². The summed E-state index contributed by atoms with van der Waals surface area (Å²) < 4.78 is 0. The third-order valence-corrected chi connectivity index (χ3v) is 3.26. The van der Waals surface area contributed by atoms with Crippen molar-refractivity contribution in [2.45, 2.75) is 25.8 Å². The second kappa shape index (κ2) is 6.54. The Labute approximate surface area is 114 Å². The molecule has 0 unspecified atom stereocenters. The summed E-state index contributed by atoms with van der Waals surface area (Å²) in [5.74, 6) is -0.0637. The number of amides is 1. The lowest BCUT2D eigenvalue weighted by atomic mass is 10.1. The summed E-state index contributed by atoms with van der Waals surface area (Å²) in [6.07, 6.45) is 0.370. The number of nitrogens with one attached hydrogen (secondary N) is 1. The highest BCUT2D eigenvalue weighted by atomic mass is 16.3. The number of carbonyl (C=O) groups excluding carboxylic acids is 1. The molecule has 1 aromatic carbocycles. The van der Waals surface area contributed by atoms with Crippen molar-refractivity contribution in [2.75, 3.05) is 31.2 Å². The van der Waals surface area contributed by atoms with Gasteiger partial charge < -0.3 is 16.2 Å². The van der Waals surface area contributed by atoms with Crippen LogP contribution in [0.25, 0.3) is 0 Å². The summed E-state index contributed by atoms with van der Waals surface area (Å²) >= 11 is 0. The second-order valence-electron chi connectivity index (χ2n) is 5.32. The van der Waals surface area contributed by atoms with Crippen molar-refractivity contribution < 1.29 is 9.90 Å². The first-order valence-electron chi connectivity index (χ1n) is 6.32. The van der Waals surface area contributed by atoms with Gasteiger partial charge in [0.05, 0.1) is 6.61 Å². The fraction of sp³-hybridized carbons (Fsp3) is 0.500. The van der Waals surface area contributed by atoms with Crippen LogP contribution in [0, 0.1) is 0 Å². The standard InChI is InChI=1S/C14H23N3O2/c1-14(2,10-18)17(3)8-7-13(19)16-12-6-4-5-11(15)9-12/h4-6,9,18H,7-8,10,15H2,1-3H3,(H,16,19). The van der Waals surface area contributed by atoms with Crippen molar-refractivity contribution in [3.63, 3.8) is 0 Å². The first-order chi connectivity index (χ1) is 8.85. The van der Waals surface area contributed by atoms with Gasteiger partial charge in [-0.1, -0.05) is 6.07 Å². The monoisotopic (exact) mass is 265 g/mol. The Morgan fingerprint density at radius 1 is 1.47 bits per heavy atom. The van der Waals surface area contributed by atoms with Crippen LogP contribution < -0.4 is 11.1 Å². The molecule has 0 aliphatic heterocycles. The molecule has 0 bridgehead atoms. The number of aliphatic hydroxyl groups excluding tert-OH is 1. The molecule has 0 aromatic heterocycles. The highest BCUT2D eigenvalue weighted by Crippen LogP contribution is 2.13. The van der Waals surface area contributed by atoms with Gasteiger partial charge >= 0.3 is 0 Å². The zero-order valence-electron chi connectivity index (χ0n) is 11.8. The van der Waals surface area contributed by atoms with Crippen LogP contribution >= 0.6 is 0 Å². The maximum Gasteiger partial charge on any atom is 0.225 e. The normalized spacial score (nSPS) is 11.6. The fourth-order valence-electron chi connectivity index (χ4n) is 1.53. The van der Waals surface area contributed by atoms with Crippen LogP contribution in [0.15, 0.2) is 24.3 Å². The van der Waals surface area contributed by atoms with E-state index in [2.05, 4.69) is 5.32 Å². The number of nitrogens with two attached hydrogens (primary N) is 1. The van der Waals surface area contributed by atoms with Gasteiger partial charge in [-0.15, -0.1) is 0 Å². The summed E-state index contributed by atoms with van der Waals surface area (Å²) in [5.41, 5.74) is 6.65. The molecule has 0 radical (unpaired) electrons. The van der Waals surface area contributed by atoms with Crippen molar-refractivity contribution in [3.8, 4) is 0 Å². The van der Waals surface area contributed by atoms with E-state index in [1.54, 1.807) is 24.3 Å². The van der Waals surface area contributed by atoms with Gasteiger partial charge in [-0.3, -0.25) is 9.69 Å². The summed E-state index contributed by atoms with van der Waals surface area (Å²) in [7, 11) is 1.89. The van der Waals surface area contributed by atoms with Crippen molar-refractivity contribution >= 4 is 17.3 Å². The van der Waals surface area contributed by atoms with Gasteiger partial charge in [0.25, 0.3) is 0 Å². The summed E-state index contributed by atoms with van der Waals surface area (Å²) in [6.45, 7) is 4.51. The van der Waals surface area contributed by atoms with Crippen LogP contribution in [0.5, 0.6) is 0 Å². The lowest BCUT2D eigenvalue weighted by Gasteiger charge is -2.33. The molecule has 1 aromatic rings. The Morgan fingerprint density at radius 2 is 2.16 bits per heavy atom. The van der Waals surface area contributed by atoms with Crippen LogP contribution in [0.3, 0.4) is 0 Å². The minimum Gasteiger partial charge on any atom is -0.399 e. The number of anilines is 2. The maximum absolute atomic E-state index is 11.8. The van der Waals surface area contributed by atoms with E-state index in [1.807, 2.05) is 25.8 Å². The van der Waals surface area contributed by atoms with Gasteiger partial charge in [0.1, 0.15) is 0 Å². The number of benzene rings is 1. The molecule has 0 saturated heterocycles. The number of nitrogens with zero attached hydrogens (tertiary/aromatic N) is 1. The summed E-state index contributed by atoms with van der Waals surface area (Å²) in [5, 5.41) is 12.0. The van der Waals surface area contributed by atoms with Crippen LogP contribution in [-0.4, -0.2) is 41.7 Å². The zero-order chi connectivity index (χ0) is 14.5. The third kappa shape index (κ3) is 4.89. The number of rotatable bonds is 6. The Kier molecular flexibility index (Phi) is 5.32. The number of nitrogen functional groups attached to an aromatic ring is 1. The average molecular weight is 265 g/mol. The van der Waals surface area contributed by atoms with Crippen molar-refractivity contribution in [1.82, 2.24) is 4.90 Å². The Hall–Kier alpha value is -1.59. The molecular weight excluding hydrogens is 242 g/mol. The zero-order valence-corrected chi connectivity index (χ0v) is 11.8. The third-order valence-electron chi connectivity index (χ3n) is 3.26. The Morgan fingerprint density at radius 3 is 2.74 bits per heavy atom. The molecule has 0 fully saturated rings. The predicted octanol–water partition coefficient (Wildman–Crippen LogP) is 1.30. The number of likely N-dealkylation sites (N-methyl/N-ethyl adjacent to an activating group) is 1. The van der Waals surface area contributed by atoms with E-state index in [9.17, 15) is 9.90 Å². The molecule has 0 spiro atoms. The van der Waals surface area contributed by atoms with Crippen LogP contribution in [0.1, 0.15) is 20.3 Å². The molecule has 4 N–H and O–H groups in total. The molecule has 0 aliphatic rings. The second-order valence-corrected chi connectivity index (χ2v) is 5.32. The maximum atomic E-state index is 11.8. The van der Waals surface area contributed by atoms with Crippen LogP contribution in [0.4, 0.5) is 11.4 Å². The molecule has 5 heteroatoms. The fourth-order valence-corrected chi connectivity index (χ4v) is 1.53. The number of hydrogen-bond donors (Lipinski definition) is 3. The Bertz CT molecular complexity index is 432. The van der Waals surface area contributed by atoms with E-state index in [4.69, 9.17) is 5.73 Å². The van der Waals surface area contributed by atoms with E-state index < -0.39 is 0 Å². The predicted molar refractivity (Wildman–Crippen MR) is 77.9 cm³/mol. The smallest absolute Gasteiger partial charge is 0.225 e. The van der Waals surface area contributed by atoms with E-state index in [-0.39, 0.29) is 18.1 Å². The van der Waals surface area contributed by atoms with Crippen molar-refractivity contribution in [1.29, 1.82) is 0 Å². The average Bonchev–Trinajstić information content (AvgIpc) is 2.35. The minimum absolute atomic E-state index is 0.0559. The molecule has 5 nitrogen and oxygen atoms in total. The topological polar surface area (TPSA) is 78.6 Å². The highest BCUT2D eigenvalue weighted by Gasteiger charge is 2.22. The minimum atomic E-state index is -0.322. The highest BCUT2D eigenvalue weighted by molar-refractivity contribution is 5.91. The number of aliphatic hydroxyl groups is 1. The molecule has 0 saturated carbocycles. The van der Waals surface area contributed by atoms with Gasteiger partial charge in [0.15, 0.2) is 0 Å². The molecule has 1 amide bonds. The lowest BCUT2D eigenvalue weighted by Crippen LogP contribution is -2.45. The van der Waals surface area contributed by atoms with Crippen LogP contribution in [-0.2, 0) is 4.79 Å². The van der Waals surface area contributed by atoms with Gasteiger partial charge in [-0.05, 0) is 39.1 Å². The first-order valence-corrected chi connectivity index (χ1v) is 6.32. The van der Waals surface area contributed by atoms with E-state index >= 15 is 0 Å². The Balaban J connectivity index is 2.44.